The average Bonchev–Trinajstić information content (AvgIpc) is 2.79. The van der Waals surface area contributed by atoms with Gasteiger partial charge in [0.15, 0.2) is 5.60 Å². The summed E-state index contributed by atoms with van der Waals surface area (Å²) in [6.45, 7) is 9.51. The van der Waals surface area contributed by atoms with E-state index < -0.39 is 5.60 Å². The minimum Gasteiger partial charge on any atom is -0.452 e. The Hall–Kier alpha value is -1.61. The fraction of sp³-hybridized carbons (Fsp3) is 0.471. The second-order valence-electron chi connectivity index (χ2n) is 5.29. The Bertz CT molecular complexity index is 471. The van der Waals surface area contributed by atoms with Gasteiger partial charge in [-0.05, 0) is 12.5 Å². The van der Waals surface area contributed by atoms with E-state index >= 15 is 0 Å². The molecule has 0 spiro atoms. The first kappa shape index (κ1) is 14.8. The van der Waals surface area contributed by atoms with Crippen LogP contribution in [0.5, 0.6) is 0 Å². The largest absolute Gasteiger partial charge is 0.452 e. The number of carbonyl (C=O) groups is 1. The van der Waals surface area contributed by atoms with Crippen LogP contribution in [0.1, 0.15) is 32.3 Å². The van der Waals surface area contributed by atoms with Crippen LogP contribution in [0.25, 0.3) is 0 Å². The molecule has 0 unspecified atom stereocenters. The highest BCUT2D eigenvalue weighted by atomic mass is 16.6. The van der Waals surface area contributed by atoms with Crippen molar-refractivity contribution in [3.05, 3.63) is 48.6 Å². The van der Waals surface area contributed by atoms with Gasteiger partial charge >= 0.3 is 5.97 Å². The predicted molar refractivity (Wildman–Crippen MR) is 80.4 cm³/mol. The fourth-order valence-electron chi connectivity index (χ4n) is 3.00. The summed E-state index contributed by atoms with van der Waals surface area (Å²) in [5.41, 5.74) is 0.554. The van der Waals surface area contributed by atoms with E-state index in [9.17, 15) is 4.79 Å². The summed E-state index contributed by atoms with van der Waals surface area (Å²) in [4.78, 5) is 14.2. The summed E-state index contributed by atoms with van der Waals surface area (Å²) in [6, 6.07) is 10.2. The van der Waals surface area contributed by atoms with E-state index in [1.807, 2.05) is 31.2 Å². The van der Waals surface area contributed by atoms with E-state index in [4.69, 9.17) is 4.74 Å². The molecule has 1 aromatic rings. The molecule has 1 aromatic carbocycles. The lowest BCUT2D eigenvalue weighted by atomic mass is 9.87. The number of benzene rings is 1. The lowest BCUT2D eigenvalue weighted by molar-refractivity contribution is -0.163. The molecule has 0 amide bonds. The highest BCUT2D eigenvalue weighted by molar-refractivity contribution is 5.70. The molecular weight excluding hydrogens is 250 g/mol. The Balaban J connectivity index is 2.35. The van der Waals surface area contributed by atoms with Gasteiger partial charge in [0, 0.05) is 25.9 Å². The molecule has 1 aliphatic heterocycles. The normalized spacial score (nSPS) is 26.4. The number of rotatable bonds is 5. The van der Waals surface area contributed by atoms with Crippen LogP contribution in [0.2, 0.25) is 0 Å². The molecule has 1 fully saturated rings. The van der Waals surface area contributed by atoms with Crippen molar-refractivity contribution in [1.29, 1.82) is 0 Å². The summed E-state index contributed by atoms with van der Waals surface area (Å²) >= 11 is 0. The minimum atomic E-state index is -0.530. The van der Waals surface area contributed by atoms with Gasteiger partial charge in [-0.2, -0.15) is 0 Å². The number of hydrogen-bond acceptors (Lipinski definition) is 3. The zero-order valence-corrected chi connectivity index (χ0v) is 12.3. The molecule has 1 aliphatic rings. The topological polar surface area (TPSA) is 29.5 Å². The van der Waals surface area contributed by atoms with Crippen LogP contribution in [-0.4, -0.2) is 30.0 Å². The molecule has 108 valence electrons. The van der Waals surface area contributed by atoms with Crippen molar-refractivity contribution in [3.8, 4) is 0 Å². The van der Waals surface area contributed by atoms with Gasteiger partial charge < -0.3 is 4.74 Å². The Labute approximate surface area is 121 Å². The molecule has 0 aliphatic carbocycles. The molecular formula is C17H23NO2. The summed E-state index contributed by atoms with van der Waals surface area (Å²) in [6.07, 6.45) is 3.14. The first-order valence-electron chi connectivity index (χ1n) is 7.26. The van der Waals surface area contributed by atoms with E-state index in [0.29, 0.717) is 6.42 Å². The van der Waals surface area contributed by atoms with Crippen molar-refractivity contribution in [1.82, 2.24) is 4.90 Å². The Morgan fingerprint density at radius 3 is 2.80 bits per heavy atom. The average molecular weight is 273 g/mol. The molecule has 1 heterocycles. The standard InChI is InChI=1S/C17H23NO2/c1-4-12-18-13-11-17(14(18)3,20-16(19)5-2)15-9-7-6-8-10-15/h4,6-10,14H,1,5,11-13H2,2-3H3/t14-,17-/m1/s1. The van der Waals surface area contributed by atoms with Gasteiger partial charge in [-0.15, -0.1) is 6.58 Å². The van der Waals surface area contributed by atoms with Gasteiger partial charge in [0.2, 0.25) is 0 Å². The first-order valence-corrected chi connectivity index (χ1v) is 7.26. The third kappa shape index (κ3) is 2.63. The molecule has 0 aromatic heterocycles. The molecule has 1 saturated heterocycles. The van der Waals surface area contributed by atoms with Crippen molar-refractivity contribution in [3.63, 3.8) is 0 Å². The minimum absolute atomic E-state index is 0.138. The van der Waals surface area contributed by atoms with Gasteiger partial charge in [-0.3, -0.25) is 9.69 Å². The second-order valence-corrected chi connectivity index (χ2v) is 5.29. The molecule has 2 atom stereocenters. The highest BCUT2D eigenvalue weighted by Gasteiger charge is 2.48. The van der Waals surface area contributed by atoms with E-state index in [-0.39, 0.29) is 12.0 Å². The zero-order chi connectivity index (χ0) is 14.6. The molecule has 2 rings (SSSR count). The van der Waals surface area contributed by atoms with Crippen molar-refractivity contribution in [2.75, 3.05) is 13.1 Å². The first-order chi connectivity index (χ1) is 9.64. The Kier molecular flexibility index (Phi) is 4.61. The smallest absolute Gasteiger partial charge is 0.306 e. The third-order valence-corrected chi connectivity index (χ3v) is 4.20. The molecule has 3 heteroatoms. The second kappa shape index (κ2) is 6.23. The molecule has 0 saturated carbocycles. The van der Waals surface area contributed by atoms with Gasteiger partial charge in [0.1, 0.15) is 0 Å². The number of hydrogen-bond donors (Lipinski definition) is 0. The van der Waals surface area contributed by atoms with Crippen LogP contribution in [0.15, 0.2) is 43.0 Å². The lowest BCUT2D eigenvalue weighted by Crippen LogP contribution is -2.43. The van der Waals surface area contributed by atoms with E-state index in [0.717, 1.165) is 25.1 Å². The van der Waals surface area contributed by atoms with Gasteiger partial charge in [-0.1, -0.05) is 43.3 Å². The summed E-state index contributed by atoms with van der Waals surface area (Å²) in [7, 11) is 0. The summed E-state index contributed by atoms with van der Waals surface area (Å²) < 4.78 is 5.91. The van der Waals surface area contributed by atoms with E-state index in [1.54, 1.807) is 0 Å². The van der Waals surface area contributed by atoms with E-state index in [2.05, 4.69) is 30.5 Å². The molecule has 0 radical (unpaired) electrons. The maximum atomic E-state index is 11.9. The monoisotopic (exact) mass is 273 g/mol. The lowest BCUT2D eigenvalue weighted by Gasteiger charge is -2.36. The number of ether oxygens (including phenoxy) is 1. The molecule has 0 bridgehead atoms. The summed E-state index contributed by atoms with van der Waals surface area (Å²) in [5.74, 6) is -0.138. The maximum Gasteiger partial charge on any atom is 0.306 e. The van der Waals surface area contributed by atoms with Crippen LogP contribution in [0.3, 0.4) is 0 Å². The molecule has 0 N–H and O–H groups in total. The van der Waals surface area contributed by atoms with E-state index in [1.165, 1.54) is 0 Å². The third-order valence-electron chi connectivity index (χ3n) is 4.20. The number of likely N-dealkylation sites (tertiary alicyclic amines) is 1. The number of carbonyl (C=O) groups excluding carboxylic acids is 1. The zero-order valence-electron chi connectivity index (χ0n) is 12.3. The van der Waals surface area contributed by atoms with Crippen molar-refractivity contribution >= 4 is 5.97 Å². The van der Waals surface area contributed by atoms with Crippen LogP contribution in [0, 0.1) is 0 Å². The van der Waals surface area contributed by atoms with Crippen LogP contribution in [-0.2, 0) is 15.1 Å². The number of nitrogens with zero attached hydrogens (tertiary/aromatic N) is 1. The summed E-state index contributed by atoms with van der Waals surface area (Å²) in [5, 5.41) is 0. The fourth-order valence-corrected chi connectivity index (χ4v) is 3.00. The van der Waals surface area contributed by atoms with Crippen molar-refractivity contribution in [2.24, 2.45) is 0 Å². The van der Waals surface area contributed by atoms with Crippen LogP contribution < -0.4 is 0 Å². The molecule has 3 nitrogen and oxygen atoms in total. The van der Waals surface area contributed by atoms with Gasteiger partial charge in [0.25, 0.3) is 0 Å². The van der Waals surface area contributed by atoms with Crippen molar-refractivity contribution < 1.29 is 9.53 Å². The Morgan fingerprint density at radius 1 is 1.50 bits per heavy atom. The highest BCUT2D eigenvalue weighted by Crippen LogP contribution is 2.41. The maximum absolute atomic E-state index is 11.9. The molecule has 20 heavy (non-hydrogen) atoms. The quantitative estimate of drug-likeness (QED) is 0.610. The Morgan fingerprint density at radius 2 is 2.20 bits per heavy atom. The number of esters is 1. The van der Waals surface area contributed by atoms with Crippen LogP contribution >= 0.6 is 0 Å². The van der Waals surface area contributed by atoms with Gasteiger partial charge in [0.05, 0.1) is 6.04 Å². The van der Waals surface area contributed by atoms with Crippen LogP contribution in [0.4, 0.5) is 0 Å². The van der Waals surface area contributed by atoms with Crippen molar-refractivity contribution in [2.45, 2.75) is 38.3 Å². The predicted octanol–water partition coefficient (Wildman–Crippen LogP) is 3.12. The van der Waals surface area contributed by atoms with Gasteiger partial charge in [-0.25, -0.2) is 0 Å². The SMILES string of the molecule is C=CCN1CC[C@](OC(=O)CC)(c2ccccc2)[C@H]1C.